The Bertz CT molecular complexity index is 1060. The number of para-hydroxylation sites is 1. The standard InChI is InChI=1S/C20H23ClN8OS/c1-12-4-3-5-14(21)17(12)23-10-15(30)16-11-24-20(31-16)28-18-25-13(2)26-19(27-18)29-8-6-22-7-9-29/h3-5,11,22-23H,6-10H2,1-2H3,(H,24,25,26,27,28). The second kappa shape index (κ2) is 9.54. The van der Waals surface area contributed by atoms with Gasteiger partial charge in [0, 0.05) is 26.2 Å². The topological polar surface area (TPSA) is 108 Å². The van der Waals surface area contributed by atoms with Crippen LogP contribution in [0.2, 0.25) is 5.02 Å². The van der Waals surface area contributed by atoms with Crippen LogP contribution in [0.4, 0.5) is 22.7 Å². The van der Waals surface area contributed by atoms with E-state index in [-0.39, 0.29) is 12.3 Å². The number of Topliss-reactive ketones (excluding diaryl/α,β-unsaturated/α-hetero) is 1. The van der Waals surface area contributed by atoms with Gasteiger partial charge in [0.1, 0.15) is 5.82 Å². The van der Waals surface area contributed by atoms with Crippen molar-refractivity contribution < 1.29 is 4.79 Å². The second-order valence-electron chi connectivity index (χ2n) is 7.11. The first-order valence-electron chi connectivity index (χ1n) is 9.93. The minimum Gasteiger partial charge on any atom is -0.376 e. The summed E-state index contributed by atoms with van der Waals surface area (Å²) < 4.78 is 0. The summed E-state index contributed by atoms with van der Waals surface area (Å²) in [6.45, 7) is 7.38. The number of piperazine rings is 1. The first-order valence-corrected chi connectivity index (χ1v) is 11.1. The number of hydrogen-bond acceptors (Lipinski definition) is 10. The van der Waals surface area contributed by atoms with Crippen LogP contribution in [0.5, 0.6) is 0 Å². The Kier molecular flexibility index (Phi) is 6.59. The van der Waals surface area contributed by atoms with Crippen LogP contribution in [0, 0.1) is 13.8 Å². The molecule has 0 amide bonds. The summed E-state index contributed by atoms with van der Waals surface area (Å²) in [5, 5.41) is 10.7. The first kappa shape index (κ1) is 21.4. The Balaban J connectivity index is 1.42. The fourth-order valence-electron chi connectivity index (χ4n) is 3.20. The van der Waals surface area contributed by atoms with E-state index in [0.29, 0.717) is 32.8 Å². The summed E-state index contributed by atoms with van der Waals surface area (Å²) >= 11 is 7.47. The van der Waals surface area contributed by atoms with Crippen LogP contribution in [0.1, 0.15) is 21.1 Å². The molecule has 1 saturated heterocycles. The molecule has 162 valence electrons. The lowest BCUT2D eigenvalue weighted by molar-refractivity contribution is 0.101. The molecule has 9 nitrogen and oxygen atoms in total. The van der Waals surface area contributed by atoms with Crippen LogP contribution in [0.3, 0.4) is 0 Å². The van der Waals surface area contributed by atoms with Gasteiger partial charge in [0.2, 0.25) is 11.9 Å². The molecule has 0 unspecified atom stereocenters. The fraction of sp³-hybridized carbons (Fsp3) is 0.350. The van der Waals surface area contributed by atoms with Gasteiger partial charge >= 0.3 is 0 Å². The van der Waals surface area contributed by atoms with Crippen LogP contribution in [0.25, 0.3) is 0 Å². The van der Waals surface area contributed by atoms with E-state index >= 15 is 0 Å². The smallest absolute Gasteiger partial charge is 0.234 e. The number of hydrogen-bond donors (Lipinski definition) is 3. The van der Waals surface area contributed by atoms with Crippen molar-refractivity contribution >= 4 is 51.4 Å². The third-order valence-corrected chi connectivity index (χ3v) is 6.05. The molecule has 0 radical (unpaired) electrons. The van der Waals surface area contributed by atoms with E-state index in [4.69, 9.17) is 11.6 Å². The van der Waals surface area contributed by atoms with E-state index in [1.807, 2.05) is 26.0 Å². The Labute approximate surface area is 189 Å². The highest BCUT2D eigenvalue weighted by molar-refractivity contribution is 7.17. The van der Waals surface area contributed by atoms with Crippen molar-refractivity contribution in [1.82, 2.24) is 25.3 Å². The molecule has 3 N–H and O–H groups in total. The number of benzene rings is 1. The highest BCUT2D eigenvalue weighted by Gasteiger charge is 2.17. The molecular weight excluding hydrogens is 436 g/mol. The molecule has 1 aliphatic rings. The zero-order valence-electron chi connectivity index (χ0n) is 17.3. The fourth-order valence-corrected chi connectivity index (χ4v) is 4.23. The number of ketones is 1. The van der Waals surface area contributed by atoms with Crippen LogP contribution >= 0.6 is 22.9 Å². The van der Waals surface area contributed by atoms with Crippen molar-refractivity contribution in [2.75, 3.05) is 48.3 Å². The largest absolute Gasteiger partial charge is 0.376 e. The summed E-state index contributed by atoms with van der Waals surface area (Å²) in [6.07, 6.45) is 1.56. The lowest BCUT2D eigenvalue weighted by Crippen LogP contribution is -2.44. The number of rotatable bonds is 7. The van der Waals surface area contributed by atoms with Gasteiger partial charge in [-0.15, -0.1) is 0 Å². The maximum Gasteiger partial charge on any atom is 0.234 e. The van der Waals surface area contributed by atoms with Gasteiger partial charge in [-0.3, -0.25) is 10.1 Å². The quantitative estimate of drug-likeness (QED) is 0.460. The van der Waals surface area contributed by atoms with Crippen molar-refractivity contribution in [3.05, 3.63) is 45.7 Å². The van der Waals surface area contributed by atoms with E-state index in [1.165, 1.54) is 11.3 Å². The number of aromatic nitrogens is 4. The Hall–Kier alpha value is -2.82. The maximum atomic E-state index is 12.6. The van der Waals surface area contributed by atoms with E-state index in [9.17, 15) is 4.79 Å². The molecule has 0 bridgehead atoms. The van der Waals surface area contributed by atoms with Gasteiger partial charge in [0.15, 0.2) is 10.9 Å². The van der Waals surface area contributed by atoms with E-state index in [2.05, 4.69) is 40.8 Å². The van der Waals surface area contributed by atoms with Crippen LogP contribution in [-0.2, 0) is 0 Å². The van der Waals surface area contributed by atoms with Crippen LogP contribution in [-0.4, -0.2) is 58.4 Å². The number of anilines is 4. The van der Waals surface area contributed by atoms with Gasteiger partial charge in [-0.25, -0.2) is 4.98 Å². The normalized spacial score (nSPS) is 13.8. The zero-order valence-corrected chi connectivity index (χ0v) is 18.8. The Morgan fingerprint density at radius 1 is 1.23 bits per heavy atom. The van der Waals surface area contributed by atoms with Crippen molar-refractivity contribution in [1.29, 1.82) is 0 Å². The number of halogens is 1. The Morgan fingerprint density at radius 2 is 2.03 bits per heavy atom. The summed E-state index contributed by atoms with van der Waals surface area (Å²) in [5.74, 6) is 1.61. The van der Waals surface area contributed by atoms with Crippen LogP contribution < -0.4 is 20.9 Å². The summed E-state index contributed by atoms with van der Waals surface area (Å²) in [5.41, 5.74) is 1.75. The molecular formula is C20H23ClN8OS. The minimum absolute atomic E-state index is 0.0711. The lowest BCUT2D eigenvalue weighted by Gasteiger charge is -2.27. The second-order valence-corrected chi connectivity index (χ2v) is 8.54. The predicted octanol–water partition coefficient (Wildman–Crippen LogP) is 3.05. The predicted molar refractivity (Wildman–Crippen MR) is 124 cm³/mol. The molecule has 0 spiro atoms. The minimum atomic E-state index is -0.0711. The molecule has 11 heteroatoms. The Morgan fingerprint density at radius 3 is 2.81 bits per heavy atom. The van der Waals surface area contributed by atoms with Crippen molar-refractivity contribution in [3.8, 4) is 0 Å². The van der Waals surface area contributed by atoms with Crippen molar-refractivity contribution in [3.63, 3.8) is 0 Å². The van der Waals surface area contributed by atoms with E-state index in [0.717, 1.165) is 37.4 Å². The molecule has 3 heterocycles. The van der Waals surface area contributed by atoms with Gasteiger partial charge in [-0.2, -0.15) is 15.0 Å². The average Bonchev–Trinajstić information content (AvgIpc) is 3.22. The molecule has 0 aliphatic carbocycles. The molecule has 2 aromatic heterocycles. The lowest BCUT2D eigenvalue weighted by atomic mass is 10.2. The summed E-state index contributed by atoms with van der Waals surface area (Å²) in [4.78, 5) is 32.9. The highest BCUT2D eigenvalue weighted by Crippen LogP contribution is 2.26. The van der Waals surface area contributed by atoms with Gasteiger partial charge in [-0.05, 0) is 25.5 Å². The third kappa shape index (κ3) is 5.27. The SMILES string of the molecule is Cc1nc(Nc2ncc(C(=O)CNc3c(C)cccc3Cl)s2)nc(N2CCNCC2)n1. The monoisotopic (exact) mass is 458 g/mol. The van der Waals surface area contributed by atoms with Crippen molar-refractivity contribution in [2.45, 2.75) is 13.8 Å². The van der Waals surface area contributed by atoms with E-state index < -0.39 is 0 Å². The zero-order chi connectivity index (χ0) is 21.8. The maximum absolute atomic E-state index is 12.6. The third-order valence-electron chi connectivity index (χ3n) is 4.78. The molecule has 3 aromatic rings. The highest BCUT2D eigenvalue weighted by atomic mass is 35.5. The molecule has 31 heavy (non-hydrogen) atoms. The number of nitrogens with one attached hydrogen (secondary N) is 3. The summed E-state index contributed by atoms with van der Waals surface area (Å²) in [6, 6.07) is 5.61. The number of nitrogens with zero attached hydrogens (tertiary/aromatic N) is 5. The van der Waals surface area contributed by atoms with Gasteiger partial charge in [0.05, 0.1) is 28.3 Å². The number of thiazole rings is 1. The number of carbonyl (C=O) groups excluding carboxylic acids is 1. The molecule has 4 rings (SSSR count). The average molecular weight is 459 g/mol. The molecule has 1 fully saturated rings. The molecule has 0 saturated carbocycles. The number of carbonyl (C=O) groups is 1. The first-order chi connectivity index (χ1) is 15.0. The van der Waals surface area contributed by atoms with Gasteiger partial charge in [-0.1, -0.05) is 35.1 Å². The van der Waals surface area contributed by atoms with Gasteiger partial charge < -0.3 is 15.5 Å². The molecule has 0 atom stereocenters. The van der Waals surface area contributed by atoms with Crippen LogP contribution in [0.15, 0.2) is 24.4 Å². The van der Waals surface area contributed by atoms with Crippen molar-refractivity contribution in [2.24, 2.45) is 0 Å². The molecule has 1 aliphatic heterocycles. The number of aryl methyl sites for hydroxylation is 2. The van der Waals surface area contributed by atoms with E-state index in [1.54, 1.807) is 12.3 Å². The van der Waals surface area contributed by atoms with Gasteiger partial charge in [0.25, 0.3) is 0 Å². The summed E-state index contributed by atoms with van der Waals surface area (Å²) in [7, 11) is 0. The molecule has 1 aromatic carbocycles.